The molecule has 0 aliphatic carbocycles. The average Bonchev–Trinajstić information content (AvgIpc) is 3.14. The number of aryl methyl sites for hydroxylation is 1. The summed E-state index contributed by atoms with van der Waals surface area (Å²) in [4.78, 5) is 26.4. The van der Waals surface area contributed by atoms with E-state index in [9.17, 15) is 14.9 Å². The summed E-state index contributed by atoms with van der Waals surface area (Å²) in [6, 6.07) is 13.3. The number of nitrogens with one attached hydrogen (secondary N) is 2. The van der Waals surface area contributed by atoms with E-state index in [0.717, 1.165) is 11.3 Å². The fraction of sp³-hybridized carbons (Fsp3) is 0.167. The summed E-state index contributed by atoms with van der Waals surface area (Å²) in [5.74, 6) is 1.13. The summed E-state index contributed by atoms with van der Waals surface area (Å²) in [6.07, 6.45) is 0. The van der Waals surface area contributed by atoms with Crippen molar-refractivity contribution in [3.05, 3.63) is 70.0 Å². The number of aromatic nitrogens is 3. The molecule has 0 spiro atoms. The summed E-state index contributed by atoms with van der Waals surface area (Å²) in [7, 11) is 0. The Labute approximate surface area is 164 Å². The fourth-order valence-corrected chi connectivity index (χ4v) is 2.80. The van der Waals surface area contributed by atoms with Crippen LogP contribution in [0, 0.1) is 17.0 Å². The predicted octanol–water partition coefficient (Wildman–Crippen LogP) is 3.33. The van der Waals surface area contributed by atoms with Crippen LogP contribution in [0.3, 0.4) is 0 Å². The Hall–Kier alpha value is -3.40. The van der Waals surface area contributed by atoms with Crippen molar-refractivity contribution >= 4 is 29.0 Å². The zero-order chi connectivity index (χ0) is 19.9. The minimum Gasteiger partial charge on any atom is -0.486 e. The number of hydrogen-bond acceptors (Lipinski definition) is 7. The van der Waals surface area contributed by atoms with Crippen molar-refractivity contribution < 1.29 is 14.5 Å². The number of hydrogen-bond donors (Lipinski definition) is 2. The van der Waals surface area contributed by atoms with Crippen LogP contribution in [0.2, 0.25) is 0 Å². The van der Waals surface area contributed by atoms with E-state index in [-0.39, 0.29) is 24.0 Å². The van der Waals surface area contributed by atoms with Gasteiger partial charge < -0.3 is 10.1 Å². The quantitative estimate of drug-likeness (QED) is 0.338. The number of carbonyl (C=O) groups excluding carboxylic acids is 1. The molecule has 1 amide bonds. The number of carbonyl (C=O) groups is 1. The van der Waals surface area contributed by atoms with Crippen LogP contribution in [0.1, 0.15) is 11.4 Å². The maximum Gasteiger partial charge on any atom is 0.269 e. The number of benzene rings is 2. The summed E-state index contributed by atoms with van der Waals surface area (Å²) in [5.41, 5.74) is 1.60. The SMILES string of the molecule is Cc1ccc(OCc2nc(SCC(=O)Nc3ccc([N+](=O)[O-])cc3)n[nH]2)cc1. The van der Waals surface area contributed by atoms with E-state index in [1.165, 1.54) is 36.0 Å². The molecule has 0 aliphatic rings. The van der Waals surface area contributed by atoms with E-state index in [0.29, 0.717) is 16.7 Å². The number of H-pyrrole nitrogens is 1. The third kappa shape index (κ3) is 5.55. The summed E-state index contributed by atoms with van der Waals surface area (Å²) < 4.78 is 5.62. The fourth-order valence-electron chi connectivity index (χ4n) is 2.19. The highest BCUT2D eigenvalue weighted by Gasteiger charge is 2.10. The van der Waals surface area contributed by atoms with Crippen LogP contribution < -0.4 is 10.1 Å². The van der Waals surface area contributed by atoms with Crippen LogP contribution in [0.4, 0.5) is 11.4 Å². The average molecular weight is 399 g/mol. The van der Waals surface area contributed by atoms with E-state index in [1.54, 1.807) is 0 Å². The standard InChI is InChI=1S/C18H17N5O4S/c1-12-2-8-15(9-3-12)27-10-16-20-18(22-21-16)28-11-17(24)19-13-4-6-14(7-5-13)23(25)26/h2-9H,10-11H2,1H3,(H,19,24)(H,20,21,22). The van der Waals surface area contributed by atoms with Gasteiger partial charge in [0.05, 0.1) is 10.7 Å². The minimum absolute atomic E-state index is 0.0338. The Morgan fingerprint density at radius 1 is 1.21 bits per heavy atom. The third-order valence-corrected chi connectivity index (χ3v) is 4.45. The molecule has 0 unspecified atom stereocenters. The van der Waals surface area contributed by atoms with Crippen LogP contribution in [-0.4, -0.2) is 31.8 Å². The second-order valence-corrected chi connectivity index (χ2v) is 6.75. The van der Waals surface area contributed by atoms with Gasteiger partial charge in [-0.2, -0.15) is 0 Å². The molecule has 0 aliphatic heterocycles. The van der Waals surface area contributed by atoms with Crippen LogP contribution in [0.15, 0.2) is 53.7 Å². The van der Waals surface area contributed by atoms with E-state index < -0.39 is 4.92 Å². The molecule has 0 fully saturated rings. The molecule has 1 heterocycles. The van der Waals surface area contributed by atoms with E-state index in [4.69, 9.17) is 4.74 Å². The predicted molar refractivity (Wildman–Crippen MR) is 104 cm³/mol. The van der Waals surface area contributed by atoms with Crippen molar-refractivity contribution in [1.82, 2.24) is 15.2 Å². The zero-order valence-electron chi connectivity index (χ0n) is 14.9. The first-order chi connectivity index (χ1) is 13.5. The number of nitrogens with zero attached hydrogens (tertiary/aromatic N) is 3. The number of aromatic amines is 1. The maximum absolute atomic E-state index is 12.0. The number of non-ortho nitro benzene ring substituents is 1. The van der Waals surface area contributed by atoms with Gasteiger partial charge in [-0.25, -0.2) is 4.98 Å². The van der Waals surface area contributed by atoms with Gasteiger partial charge >= 0.3 is 0 Å². The molecule has 0 atom stereocenters. The molecule has 10 heteroatoms. The molecule has 144 valence electrons. The number of nitro groups is 1. The van der Waals surface area contributed by atoms with Crippen molar-refractivity contribution in [3.8, 4) is 5.75 Å². The highest BCUT2D eigenvalue weighted by Crippen LogP contribution is 2.18. The Kier molecular flexibility index (Phi) is 6.22. The number of anilines is 1. The lowest BCUT2D eigenvalue weighted by Gasteiger charge is -2.04. The topological polar surface area (TPSA) is 123 Å². The lowest BCUT2D eigenvalue weighted by molar-refractivity contribution is -0.384. The first kappa shape index (κ1) is 19.4. The monoisotopic (exact) mass is 399 g/mol. The van der Waals surface area contributed by atoms with Gasteiger partial charge in [0.2, 0.25) is 11.1 Å². The molecule has 9 nitrogen and oxygen atoms in total. The van der Waals surface area contributed by atoms with Crippen LogP contribution in [0.25, 0.3) is 0 Å². The highest BCUT2D eigenvalue weighted by atomic mass is 32.2. The van der Waals surface area contributed by atoms with Gasteiger partial charge in [-0.3, -0.25) is 20.0 Å². The normalized spacial score (nSPS) is 10.5. The molecule has 2 aromatic carbocycles. The van der Waals surface area contributed by atoms with Crippen molar-refractivity contribution in [3.63, 3.8) is 0 Å². The second kappa shape index (κ2) is 9.00. The molecular formula is C18H17N5O4S. The van der Waals surface area contributed by atoms with Gasteiger partial charge in [0.15, 0.2) is 5.82 Å². The third-order valence-electron chi connectivity index (χ3n) is 3.60. The largest absolute Gasteiger partial charge is 0.486 e. The van der Waals surface area contributed by atoms with Gasteiger partial charge in [0, 0.05) is 17.8 Å². The van der Waals surface area contributed by atoms with Gasteiger partial charge in [0.25, 0.3) is 5.69 Å². The highest BCUT2D eigenvalue weighted by molar-refractivity contribution is 7.99. The Morgan fingerprint density at radius 3 is 2.61 bits per heavy atom. The number of ether oxygens (including phenoxy) is 1. The number of amides is 1. The number of rotatable bonds is 8. The Bertz CT molecular complexity index is 957. The molecule has 3 rings (SSSR count). The zero-order valence-corrected chi connectivity index (χ0v) is 15.7. The summed E-state index contributed by atoms with van der Waals surface area (Å²) in [5, 5.41) is 20.5. The molecule has 2 N–H and O–H groups in total. The van der Waals surface area contributed by atoms with E-state index in [1.807, 2.05) is 31.2 Å². The Balaban J connectivity index is 1.45. The number of nitro benzene ring substituents is 1. The molecule has 0 saturated heterocycles. The molecule has 28 heavy (non-hydrogen) atoms. The smallest absolute Gasteiger partial charge is 0.269 e. The molecule has 0 radical (unpaired) electrons. The molecular weight excluding hydrogens is 382 g/mol. The second-order valence-electron chi connectivity index (χ2n) is 5.81. The van der Waals surface area contributed by atoms with E-state index >= 15 is 0 Å². The molecule has 0 bridgehead atoms. The van der Waals surface area contributed by atoms with Crippen LogP contribution in [0.5, 0.6) is 5.75 Å². The first-order valence-electron chi connectivity index (χ1n) is 8.27. The first-order valence-corrected chi connectivity index (χ1v) is 9.26. The Morgan fingerprint density at radius 2 is 1.93 bits per heavy atom. The maximum atomic E-state index is 12.0. The van der Waals surface area contributed by atoms with Crippen molar-refractivity contribution in [2.24, 2.45) is 0 Å². The lowest BCUT2D eigenvalue weighted by Crippen LogP contribution is -2.14. The van der Waals surface area contributed by atoms with Crippen LogP contribution in [-0.2, 0) is 11.4 Å². The van der Waals surface area contributed by atoms with Gasteiger partial charge in [-0.05, 0) is 31.2 Å². The van der Waals surface area contributed by atoms with Gasteiger partial charge in [-0.1, -0.05) is 29.5 Å². The van der Waals surface area contributed by atoms with Crippen molar-refractivity contribution in [1.29, 1.82) is 0 Å². The summed E-state index contributed by atoms with van der Waals surface area (Å²) in [6.45, 7) is 2.24. The lowest BCUT2D eigenvalue weighted by atomic mass is 10.2. The van der Waals surface area contributed by atoms with Crippen molar-refractivity contribution in [2.75, 3.05) is 11.1 Å². The molecule has 1 aromatic heterocycles. The summed E-state index contributed by atoms with van der Waals surface area (Å²) >= 11 is 1.17. The molecule has 3 aromatic rings. The van der Waals surface area contributed by atoms with Crippen molar-refractivity contribution in [2.45, 2.75) is 18.7 Å². The van der Waals surface area contributed by atoms with Crippen LogP contribution >= 0.6 is 11.8 Å². The number of thioether (sulfide) groups is 1. The van der Waals surface area contributed by atoms with Gasteiger partial charge in [0.1, 0.15) is 12.4 Å². The van der Waals surface area contributed by atoms with Gasteiger partial charge in [-0.15, -0.1) is 5.10 Å². The minimum atomic E-state index is -0.495. The van der Waals surface area contributed by atoms with E-state index in [2.05, 4.69) is 20.5 Å². The molecule has 0 saturated carbocycles.